The van der Waals surface area contributed by atoms with Crippen molar-refractivity contribution in [2.75, 3.05) is 29.5 Å². The van der Waals surface area contributed by atoms with E-state index >= 15 is 0 Å². The fourth-order valence-electron chi connectivity index (χ4n) is 1.73. The van der Waals surface area contributed by atoms with Crippen LogP contribution in [0.4, 0.5) is 5.69 Å². The van der Waals surface area contributed by atoms with E-state index in [9.17, 15) is 9.32 Å². The topological polar surface area (TPSA) is 53.4 Å². The standard InChI is InChI=1S/C10H14N2O2S/c13-8-9-7-11-2-1-10(9)12-3-5-15(14)6-4-12/h1-2,7,13H,3-6,8H2. The second-order valence-electron chi connectivity index (χ2n) is 3.50. The first-order valence-corrected chi connectivity index (χ1v) is 6.43. The molecule has 0 bridgehead atoms. The maximum Gasteiger partial charge on any atom is 0.0717 e. The van der Waals surface area contributed by atoms with Crippen LogP contribution in [0.3, 0.4) is 0 Å². The van der Waals surface area contributed by atoms with E-state index in [0.29, 0.717) is 11.5 Å². The van der Waals surface area contributed by atoms with Crippen LogP contribution in [0, 0.1) is 0 Å². The molecular weight excluding hydrogens is 212 g/mol. The quantitative estimate of drug-likeness (QED) is 0.779. The molecule has 0 spiro atoms. The van der Waals surface area contributed by atoms with Crippen LogP contribution in [0.5, 0.6) is 0 Å². The van der Waals surface area contributed by atoms with Gasteiger partial charge in [-0.2, -0.15) is 0 Å². The zero-order valence-electron chi connectivity index (χ0n) is 8.43. The molecule has 1 saturated heterocycles. The maximum absolute atomic E-state index is 11.2. The Morgan fingerprint density at radius 2 is 2.20 bits per heavy atom. The van der Waals surface area contributed by atoms with Crippen molar-refractivity contribution in [2.24, 2.45) is 0 Å². The average Bonchev–Trinajstić information content (AvgIpc) is 2.30. The molecule has 0 unspecified atom stereocenters. The lowest BCUT2D eigenvalue weighted by Crippen LogP contribution is -2.38. The van der Waals surface area contributed by atoms with Crippen molar-refractivity contribution in [3.8, 4) is 0 Å². The van der Waals surface area contributed by atoms with E-state index in [1.165, 1.54) is 0 Å². The molecule has 0 atom stereocenters. The van der Waals surface area contributed by atoms with Crippen LogP contribution >= 0.6 is 0 Å². The van der Waals surface area contributed by atoms with Crippen molar-refractivity contribution >= 4 is 16.5 Å². The Balaban J connectivity index is 2.18. The molecule has 82 valence electrons. The number of rotatable bonds is 2. The lowest BCUT2D eigenvalue weighted by molar-refractivity contribution is 0.281. The van der Waals surface area contributed by atoms with Gasteiger partial charge in [0, 0.05) is 59.0 Å². The fraction of sp³-hybridized carbons (Fsp3) is 0.500. The second-order valence-corrected chi connectivity index (χ2v) is 5.19. The van der Waals surface area contributed by atoms with Gasteiger partial charge >= 0.3 is 0 Å². The summed E-state index contributed by atoms with van der Waals surface area (Å²) >= 11 is 0. The fourth-order valence-corrected chi connectivity index (χ4v) is 2.78. The third kappa shape index (κ3) is 2.35. The van der Waals surface area contributed by atoms with Gasteiger partial charge in [-0.15, -0.1) is 0 Å². The first-order valence-electron chi connectivity index (χ1n) is 4.95. The zero-order chi connectivity index (χ0) is 10.7. The van der Waals surface area contributed by atoms with Crippen LogP contribution in [-0.2, 0) is 17.4 Å². The molecule has 0 radical (unpaired) electrons. The average molecular weight is 226 g/mol. The SMILES string of the molecule is O=S1CCN(c2ccncc2CO)CC1. The van der Waals surface area contributed by atoms with E-state index in [4.69, 9.17) is 0 Å². The molecule has 5 heteroatoms. The van der Waals surface area contributed by atoms with Crippen molar-refractivity contribution < 1.29 is 9.32 Å². The number of aromatic nitrogens is 1. The summed E-state index contributed by atoms with van der Waals surface area (Å²) in [6.07, 6.45) is 3.40. The van der Waals surface area contributed by atoms with Gasteiger partial charge in [-0.05, 0) is 6.07 Å². The van der Waals surface area contributed by atoms with Crippen molar-refractivity contribution in [3.05, 3.63) is 24.0 Å². The van der Waals surface area contributed by atoms with Gasteiger partial charge in [0.15, 0.2) is 0 Å². The number of nitrogens with zero attached hydrogens (tertiary/aromatic N) is 2. The van der Waals surface area contributed by atoms with Crippen molar-refractivity contribution in [1.29, 1.82) is 0 Å². The highest BCUT2D eigenvalue weighted by atomic mass is 32.2. The Morgan fingerprint density at radius 3 is 2.87 bits per heavy atom. The van der Waals surface area contributed by atoms with Gasteiger partial charge in [-0.3, -0.25) is 9.19 Å². The summed E-state index contributed by atoms with van der Waals surface area (Å²) in [5.41, 5.74) is 1.86. The van der Waals surface area contributed by atoms with E-state index in [2.05, 4.69) is 9.88 Å². The Hall–Kier alpha value is -0.940. The van der Waals surface area contributed by atoms with Crippen LogP contribution in [0.1, 0.15) is 5.56 Å². The van der Waals surface area contributed by atoms with E-state index in [0.717, 1.165) is 24.3 Å². The molecule has 0 aliphatic carbocycles. The van der Waals surface area contributed by atoms with Crippen LogP contribution < -0.4 is 4.90 Å². The first kappa shape index (κ1) is 10.6. The summed E-state index contributed by atoms with van der Waals surface area (Å²) < 4.78 is 11.2. The maximum atomic E-state index is 11.2. The predicted molar refractivity (Wildman–Crippen MR) is 60.2 cm³/mol. The number of aliphatic hydroxyl groups excluding tert-OH is 1. The number of hydrogen-bond acceptors (Lipinski definition) is 4. The summed E-state index contributed by atoms with van der Waals surface area (Å²) in [6.45, 7) is 1.59. The van der Waals surface area contributed by atoms with E-state index in [1.54, 1.807) is 12.4 Å². The Morgan fingerprint density at radius 1 is 1.47 bits per heavy atom. The van der Waals surface area contributed by atoms with Crippen molar-refractivity contribution in [2.45, 2.75) is 6.61 Å². The highest BCUT2D eigenvalue weighted by Crippen LogP contribution is 2.20. The number of pyridine rings is 1. The zero-order valence-corrected chi connectivity index (χ0v) is 9.24. The molecule has 1 N–H and O–H groups in total. The highest BCUT2D eigenvalue weighted by molar-refractivity contribution is 7.85. The van der Waals surface area contributed by atoms with Gasteiger partial charge in [0.2, 0.25) is 0 Å². The molecule has 1 fully saturated rings. The smallest absolute Gasteiger partial charge is 0.0717 e. The largest absolute Gasteiger partial charge is 0.392 e. The van der Waals surface area contributed by atoms with E-state index in [-0.39, 0.29) is 6.61 Å². The molecule has 1 aliphatic rings. The monoisotopic (exact) mass is 226 g/mol. The van der Waals surface area contributed by atoms with Gasteiger partial charge in [0.05, 0.1) is 6.61 Å². The Bertz CT molecular complexity index is 360. The third-order valence-electron chi connectivity index (χ3n) is 2.57. The summed E-state index contributed by atoms with van der Waals surface area (Å²) in [5.74, 6) is 1.43. The van der Waals surface area contributed by atoms with Crippen LogP contribution in [0.25, 0.3) is 0 Å². The second kappa shape index (κ2) is 4.72. The summed E-state index contributed by atoms with van der Waals surface area (Å²) in [4.78, 5) is 6.14. The Labute approximate surface area is 91.4 Å². The van der Waals surface area contributed by atoms with Gasteiger partial charge in [-0.25, -0.2) is 0 Å². The normalized spacial score (nSPS) is 18.1. The van der Waals surface area contributed by atoms with Crippen LogP contribution in [0.2, 0.25) is 0 Å². The Kier molecular flexibility index (Phi) is 3.33. The number of anilines is 1. The number of aliphatic hydroxyl groups is 1. The van der Waals surface area contributed by atoms with Crippen molar-refractivity contribution in [1.82, 2.24) is 4.98 Å². The van der Waals surface area contributed by atoms with E-state index in [1.807, 2.05) is 6.07 Å². The van der Waals surface area contributed by atoms with Gasteiger partial charge < -0.3 is 10.0 Å². The lowest BCUT2D eigenvalue weighted by atomic mass is 10.2. The molecule has 1 aliphatic heterocycles. The molecule has 15 heavy (non-hydrogen) atoms. The predicted octanol–water partition coefficient (Wildman–Crippen LogP) is 0.143. The van der Waals surface area contributed by atoms with Gasteiger partial charge in [-0.1, -0.05) is 0 Å². The minimum absolute atomic E-state index is 0.00274. The molecule has 2 rings (SSSR count). The van der Waals surface area contributed by atoms with Gasteiger partial charge in [0.1, 0.15) is 0 Å². The minimum Gasteiger partial charge on any atom is -0.392 e. The molecular formula is C10H14N2O2S. The lowest BCUT2D eigenvalue weighted by Gasteiger charge is -2.29. The molecule has 1 aromatic rings. The summed E-state index contributed by atoms with van der Waals surface area (Å²) in [5, 5.41) is 9.17. The van der Waals surface area contributed by atoms with Crippen molar-refractivity contribution in [3.63, 3.8) is 0 Å². The molecule has 0 amide bonds. The van der Waals surface area contributed by atoms with Crippen LogP contribution in [-0.4, -0.2) is 38.9 Å². The molecule has 0 saturated carbocycles. The first-order chi connectivity index (χ1) is 7.31. The number of hydrogen-bond donors (Lipinski definition) is 1. The van der Waals surface area contributed by atoms with E-state index < -0.39 is 10.8 Å². The van der Waals surface area contributed by atoms with Gasteiger partial charge in [0.25, 0.3) is 0 Å². The minimum atomic E-state index is -0.663. The summed E-state index contributed by atoms with van der Waals surface area (Å²) in [6, 6.07) is 1.90. The third-order valence-corrected chi connectivity index (χ3v) is 3.84. The molecule has 4 nitrogen and oxygen atoms in total. The molecule has 0 aromatic carbocycles. The van der Waals surface area contributed by atoms with Crippen LogP contribution in [0.15, 0.2) is 18.5 Å². The summed E-state index contributed by atoms with van der Waals surface area (Å²) in [7, 11) is -0.663. The molecule has 1 aromatic heterocycles. The highest BCUT2D eigenvalue weighted by Gasteiger charge is 2.17. The molecule has 2 heterocycles.